The van der Waals surface area contributed by atoms with Gasteiger partial charge < -0.3 is 14.6 Å². The summed E-state index contributed by atoms with van der Waals surface area (Å²) >= 11 is 0. The van der Waals surface area contributed by atoms with E-state index >= 15 is 0 Å². The highest BCUT2D eigenvalue weighted by Crippen LogP contribution is 2.48. The molecule has 0 saturated heterocycles. The highest BCUT2D eigenvalue weighted by atomic mass is 16.5. The average Bonchev–Trinajstić information content (AvgIpc) is 3.44. The second-order valence-electron chi connectivity index (χ2n) is 8.21. The van der Waals surface area contributed by atoms with Crippen LogP contribution in [0.5, 0.6) is 5.75 Å². The third-order valence-corrected chi connectivity index (χ3v) is 4.85. The van der Waals surface area contributed by atoms with Crippen molar-refractivity contribution in [2.24, 2.45) is 0 Å². The summed E-state index contributed by atoms with van der Waals surface area (Å²) in [6, 6.07) is 12.0. The van der Waals surface area contributed by atoms with Crippen LogP contribution in [0, 0.1) is 6.92 Å². The summed E-state index contributed by atoms with van der Waals surface area (Å²) in [5.74, 6) is 0.308. The molecule has 27 heavy (non-hydrogen) atoms. The van der Waals surface area contributed by atoms with E-state index in [0.29, 0.717) is 5.92 Å². The standard InChI is InChI=1S/C23H28O4/c1-14-6-13-18(15-7-8-15)20(16-9-11-17(26-5)12-10-16)19(14)21(22(24)25)27-23(2,3)4/h6,9-13,15,21H,7-8H2,1-5H3,(H,24,25). The van der Waals surface area contributed by atoms with E-state index in [1.54, 1.807) is 7.11 Å². The molecule has 0 radical (unpaired) electrons. The maximum Gasteiger partial charge on any atom is 0.337 e. The van der Waals surface area contributed by atoms with Crippen LogP contribution >= 0.6 is 0 Å². The molecule has 1 unspecified atom stereocenters. The van der Waals surface area contributed by atoms with E-state index in [0.717, 1.165) is 40.8 Å². The van der Waals surface area contributed by atoms with Gasteiger partial charge >= 0.3 is 5.97 Å². The van der Waals surface area contributed by atoms with Crippen molar-refractivity contribution >= 4 is 5.97 Å². The molecule has 0 spiro atoms. The Morgan fingerprint density at radius 3 is 2.22 bits per heavy atom. The van der Waals surface area contributed by atoms with Crippen LogP contribution in [-0.2, 0) is 9.53 Å². The SMILES string of the molecule is COc1ccc(-c2c(C3CC3)ccc(C)c2C(OC(C)(C)C)C(=O)O)cc1. The van der Waals surface area contributed by atoms with Crippen LogP contribution in [0.3, 0.4) is 0 Å². The highest BCUT2D eigenvalue weighted by Gasteiger charge is 2.34. The lowest BCUT2D eigenvalue weighted by Gasteiger charge is -2.29. The van der Waals surface area contributed by atoms with Gasteiger partial charge in [-0.2, -0.15) is 0 Å². The number of carboxylic acids is 1. The van der Waals surface area contributed by atoms with Gasteiger partial charge in [0.15, 0.2) is 6.10 Å². The molecular weight excluding hydrogens is 340 g/mol. The molecule has 1 atom stereocenters. The maximum atomic E-state index is 12.2. The molecule has 1 fully saturated rings. The number of carbonyl (C=O) groups is 1. The fraction of sp³-hybridized carbons (Fsp3) is 0.435. The lowest BCUT2D eigenvalue weighted by molar-refractivity contribution is -0.160. The number of rotatable bonds is 6. The first-order valence-electron chi connectivity index (χ1n) is 9.39. The van der Waals surface area contributed by atoms with Crippen LogP contribution < -0.4 is 4.74 Å². The van der Waals surface area contributed by atoms with Gasteiger partial charge in [-0.1, -0.05) is 24.3 Å². The first-order chi connectivity index (χ1) is 12.7. The minimum Gasteiger partial charge on any atom is -0.497 e. The summed E-state index contributed by atoms with van der Waals surface area (Å²) in [4.78, 5) is 12.2. The number of aliphatic carboxylic acids is 1. The lowest BCUT2D eigenvalue weighted by atomic mass is 9.86. The Hall–Kier alpha value is -2.33. The molecular formula is C23H28O4. The number of hydrogen-bond donors (Lipinski definition) is 1. The van der Waals surface area contributed by atoms with E-state index < -0.39 is 17.7 Å². The summed E-state index contributed by atoms with van der Waals surface area (Å²) in [6.45, 7) is 7.61. The molecule has 2 aromatic carbocycles. The van der Waals surface area contributed by atoms with Gasteiger partial charge in [0, 0.05) is 5.56 Å². The lowest BCUT2D eigenvalue weighted by Crippen LogP contribution is -2.28. The van der Waals surface area contributed by atoms with Gasteiger partial charge in [-0.15, -0.1) is 0 Å². The molecule has 4 heteroatoms. The topological polar surface area (TPSA) is 55.8 Å². The van der Waals surface area contributed by atoms with Crippen LogP contribution in [0.2, 0.25) is 0 Å². The third kappa shape index (κ3) is 4.33. The second kappa shape index (κ2) is 7.35. The normalized spacial score (nSPS) is 15.4. The predicted octanol–water partition coefficient (Wildman–Crippen LogP) is 5.49. The van der Waals surface area contributed by atoms with E-state index in [1.807, 2.05) is 58.0 Å². The Kier molecular flexibility index (Phi) is 5.29. The van der Waals surface area contributed by atoms with Gasteiger partial charge in [0.05, 0.1) is 12.7 Å². The van der Waals surface area contributed by atoms with Crippen molar-refractivity contribution in [1.29, 1.82) is 0 Å². The minimum atomic E-state index is -1.01. The summed E-state index contributed by atoms with van der Waals surface area (Å²) in [7, 11) is 1.64. The summed E-state index contributed by atoms with van der Waals surface area (Å²) in [5.41, 5.74) is 4.33. The Morgan fingerprint density at radius 1 is 1.11 bits per heavy atom. The van der Waals surface area contributed by atoms with Crippen LogP contribution in [-0.4, -0.2) is 23.8 Å². The number of aryl methyl sites for hydroxylation is 1. The van der Waals surface area contributed by atoms with Gasteiger partial charge in [0.25, 0.3) is 0 Å². The monoisotopic (exact) mass is 368 g/mol. The Balaban J connectivity index is 2.22. The third-order valence-electron chi connectivity index (χ3n) is 4.85. The van der Waals surface area contributed by atoms with Gasteiger partial charge in [0.2, 0.25) is 0 Å². The fourth-order valence-electron chi connectivity index (χ4n) is 3.48. The molecule has 0 bridgehead atoms. The zero-order valence-electron chi connectivity index (χ0n) is 16.7. The smallest absolute Gasteiger partial charge is 0.337 e. The van der Waals surface area contributed by atoms with E-state index in [2.05, 4.69) is 6.07 Å². The molecule has 0 amide bonds. The van der Waals surface area contributed by atoms with Crippen molar-refractivity contribution in [3.05, 3.63) is 53.1 Å². The highest BCUT2D eigenvalue weighted by molar-refractivity contribution is 5.83. The second-order valence-corrected chi connectivity index (χ2v) is 8.21. The molecule has 0 aromatic heterocycles. The molecule has 144 valence electrons. The molecule has 0 aliphatic heterocycles. The first-order valence-corrected chi connectivity index (χ1v) is 9.39. The van der Waals surface area contributed by atoms with Crippen molar-refractivity contribution in [1.82, 2.24) is 0 Å². The van der Waals surface area contributed by atoms with Crippen molar-refractivity contribution in [2.75, 3.05) is 7.11 Å². The predicted molar refractivity (Wildman–Crippen MR) is 106 cm³/mol. The van der Waals surface area contributed by atoms with Gasteiger partial charge in [-0.25, -0.2) is 4.79 Å². The van der Waals surface area contributed by atoms with E-state index in [4.69, 9.17) is 9.47 Å². The van der Waals surface area contributed by atoms with Crippen molar-refractivity contribution < 1.29 is 19.4 Å². The molecule has 1 aliphatic carbocycles. The van der Waals surface area contributed by atoms with Crippen molar-refractivity contribution in [3.8, 4) is 16.9 Å². The number of benzene rings is 2. The van der Waals surface area contributed by atoms with Gasteiger partial charge in [0.1, 0.15) is 5.75 Å². The average molecular weight is 368 g/mol. The van der Waals surface area contributed by atoms with Gasteiger partial charge in [-0.05, 0) is 80.8 Å². The van der Waals surface area contributed by atoms with E-state index in [1.165, 1.54) is 5.56 Å². The zero-order valence-corrected chi connectivity index (χ0v) is 16.7. The van der Waals surface area contributed by atoms with Crippen LogP contribution in [0.15, 0.2) is 36.4 Å². The zero-order chi connectivity index (χ0) is 19.8. The van der Waals surface area contributed by atoms with E-state index in [-0.39, 0.29) is 0 Å². The summed E-state index contributed by atoms with van der Waals surface area (Å²) < 4.78 is 11.3. The summed E-state index contributed by atoms with van der Waals surface area (Å²) in [5, 5.41) is 9.97. The minimum absolute atomic E-state index is 0.491. The van der Waals surface area contributed by atoms with Crippen molar-refractivity contribution in [3.63, 3.8) is 0 Å². The van der Waals surface area contributed by atoms with E-state index in [9.17, 15) is 9.90 Å². The molecule has 1 N–H and O–H groups in total. The Labute approximate surface area is 161 Å². The largest absolute Gasteiger partial charge is 0.497 e. The Bertz CT molecular complexity index is 827. The quantitative estimate of drug-likeness (QED) is 0.732. The first kappa shape index (κ1) is 19.4. The van der Waals surface area contributed by atoms with Crippen LogP contribution in [0.4, 0.5) is 0 Å². The van der Waals surface area contributed by atoms with Crippen LogP contribution in [0.1, 0.15) is 62.3 Å². The van der Waals surface area contributed by atoms with Crippen molar-refractivity contribution in [2.45, 2.75) is 58.2 Å². The van der Waals surface area contributed by atoms with Gasteiger partial charge in [-0.3, -0.25) is 0 Å². The summed E-state index contributed by atoms with van der Waals surface area (Å²) in [6.07, 6.45) is 1.27. The molecule has 0 heterocycles. The number of methoxy groups -OCH3 is 1. The number of hydrogen-bond acceptors (Lipinski definition) is 3. The van der Waals surface area contributed by atoms with Crippen LogP contribution in [0.25, 0.3) is 11.1 Å². The molecule has 4 nitrogen and oxygen atoms in total. The number of ether oxygens (including phenoxy) is 2. The molecule has 1 saturated carbocycles. The fourth-order valence-corrected chi connectivity index (χ4v) is 3.48. The molecule has 2 aromatic rings. The molecule has 3 rings (SSSR count). The molecule has 1 aliphatic rings. The Morgan fingerprint density at radius 2 is 1.74 bits per heavy atom. The maximum absolute atomic E-state index is 12.2. The number of carboxylic acid groups (broad SMARTS) is 1.